The fourth-order valence-electron chi connectivity index (χ4n) is 3.48. The second-order valence-electron chi connectivity index (χ2n) is 6.66. The van der Waals surface area contributed by atoms with E-state index in [1.807, 2.05) is 30.3 Å². The fourth-order valence-corrected chi connectivity index (χ4v) is 3.48. The SMILES string of the molecule is Cn1cnc2cc(N3CCN(c4ccc5nncn5n4)CC3)ccc2c1=O. The summed E-state index contributed by atoms with van der Waals surface area (Å²) in [6.07, 6.45) is 3.18. The summed E-state index contributed by atoms with van der Waals surface area (Å²) in [7, 11) is 1.72. The maximum Gasteiger partial charge on any atom is 0.260 e. The van der Waals surface area contributed by atoms with Crippen LogP contribution in [0.2, 0.25) is 0 Å². The van der Waals surface area contributed by atoms with Gasteiger partial charge in [0.15, 0.2) is 5.65 Å². The van der Waals surface area contributed by atoms with E-state index in [9.17, 15) is 4.79 Å². The highest BCUT2D eigenvalue weighted by atomic mass is 16.1. The van der Waals surface area contributed by atoms with Crippen molar-refractivity contribution in [3.8, 4) is 0 Å². The summed E-state index contributed by atoms with van der Waals surface area (Å²) in [5.41, 5.74) is 2.54. The average Bonchev–Trinajstić information content (AvgIpc) is 3.18. The van der Waals surface area contributed by atoms with Gasteiger partial charge < -0.3 is 14.4 Å². The minimum absolute atomic E-state index is 0.0215. The third kappa shape index (κ3) is 2.67. The predicted octanol–water partition coefficient (Wildman–Crippen LogP) is 0.698. The van der Waals surface area contributed by atoms with E-state index >= 15 is 0 Å². The van der Waals surface area contributed by atoms with Crippen molar-refractivity contribution in [2.75, 3.05) is 36.0 Å². The number of nitrogens with zero attached hydrogens (tertiary/aromatic N) is 8. The first-order valence-electron chi connectivity index (χ1n) is 8.81. The number of piperazine rings is 1. The van der Waals surface area contributed by atoms with Crippen molar-refractivity contribution in [2.45, 2.75) is 0 Å². The third-order valence-electron chi connectivity index (χ3n) is 5.02. The van der Waals surface area contributed by atoms with Gasteiger partial charge in [-0.25, -0.2) is 4.98 Å². The van der Waals surface area contributed by atoms with Crippen molar-refractivity contribution in [1.29, 1.82) is 0 Å². The van der Waals surface area contributed by atoms with Crippen LogP contribution in [0.1, 0.15) is 0 Å². The first-order valence-corrected chi connectivity index (χ1v) is 8.81. The molecule has 1 fully saturated rings. The van der Waals surface area contributed by atoms with Crippen LogP contribution in [0.3, 0.4) is 0 Å². The van der Waals surface area contributed by atoms with Gasteiger partial charge in [-0.3, -0.25) is 4.79 Å². The van der Waals surface area contributed by atoms with Crippen LogP contribution in [-0.2, 0) is 7.05 Å². The van der Waals surface area contributed by atoms with Crippen LogP contribution in [0, 0.1) is 0 Å². The minimum atomic E-state index is -0.0215. The number of aromatic nitrogens is 6. The second-order valence-corrected chi connectivity index (χ2v) is 6.66. The molecule has 27 heavy (non-hydrogen) atoms. The van der Waals surface area contributed by atoms with Crippen molar-refractivity contribution in [3.05, 3.63) is 53.3 Å². The Morgan fingerprint density at radius 2 is 1.78 bits per heavy atom. The Morgan fingerprint density at radius 3 is 2.63 bits per heavy atom. The molecule has 3 aromatic heterocycles. The van der Waals surface area contributed by atoms with E-state index in [1.54, 1.807) is 24.2 Å². The highest BCUT2D eigenvalue weighted by molar-refractivity contribution is 5.81. The highest BCUT2D eigenvalue weighted by Gasteiger charge is 2.19. The van der Waals surface area contributed by atoms with E-state index < -0.39 is 0 Å². The summed E-state index contributed by atoms with van der Waals surface area (Å²) in [4.78, 5) is 21.1. The molecular formula is C18H18N8O. The van der Waals surface area contributed by atoms with Gasteiger partial charge >= 0.3 is 0 Å². The molecule has 1 aliphatic heterocycles. The first-order chi connectivity index (χ1) is 13.2. The number of hydrogen-bond acceptors (Lipinski definition) is 7. The maximum atomic E-state index is 12.2. The number of anilines is 2. The predicted molar refractivity (Wildman–Crippen MR) is 102 cm³/mol. The van der Waals surface area contributed by atoms with Crippen molar-refractivity contribution >= 4 is 28.1 Å². The Hall–Kier alpha value is -3.49. The Morgan fingerprint density at radius 1 is 0.963 bits per heavy atom. The molecule has 0 N–H and O–H groups in total. The van der Waals surface area contributed by atoms with Crippen LogP contribution in [0.15, 0.2) is 47.8 Å². The molecule has 136 valence electrons. The van der Waals surface area contributed by atoms with Gasteiger partial charge in [0, 0.05) is 38.9 Å². The van der Waals surface area contributed by atoms with E-state index in [-0.39, 0.29) is 5.56 Å². The van der Waals surface area contributed by atoms with Gasteiger partial charge in [0.1, 0.15) is 12.1 Å². The van der Waals surface area contributed by atoms with Gasteiger partial charge in [-0.05, 0) is 30.3 Å². The monoisotopic (exact) mass is 362 g/mol. The number of benzene rings is 1. The summed E-state index contributed by atoms with van der Waals surface area (Å²) in [6.45, 7) is 3.47. The molecular weight excluding hydrogens is 344 g/mol. The maximum absolute atomic E-state index is 12.2. The zero-order chi connectivity index (χ0) is 18.4. The fraction of sp³-hybridized carbons (Fsp3) is 0.278. The molecule has 9 nitrogen and oxygen atoms in total. The van der Waals surface area contributed by atoms with E-state index in [4.69, 9.17) is 0 Å². The van der Waals surface area contributed by atoms with Gasteiger partial charge in [-0.2, -0.15) is 4.52 Å². The topological polar surface area (TPSA) is 84.5 Å². The Balaban J connectivity index is 1.36. The second kappa shape index (κ2) is 6.04. The molecule has 0 aliphatic carbocycles. The molecule has 1 aromatic carbocycles. The highest BCUT2D eigenvalue weighted by Crippen LogP contribution is 2.22. The van der Waals surface area contributed by atoms with Crippen LogP contribution < -0.4 is 15.4 Å². The zero-order valence-electron chi connectivity index (χ0n) is 14.9. The van der Waals surface area contributed by atoms with Gasteiger partial charge in [0.25, 0.3) is 5.56 Å². The third-order valence-corrected chi connectivity index (χ3v) is 5.02. The molecule has 0 saturated carbocycles. The van der Waals surface area contributed by atoms with E-state index in [0.717, 1.165) is 48.8 Å². The quantitative estimate of drug-likeness (QED) is 0.519. The smallest absolute Gasteiger partial charge is 0.260 e. The van der Waals surface area contributed by atoms with Crippen molar-refractivity contribution in [3.63, 3.8) is 0 Å². The minimum Gasteiger partial charge on any atom is -0.368 e. The molecule has 0 spiro atoms. The molecule has 0 atom stereocenters. The van der Waals surface area contributed by atoms with Crippen molar-refractivity contribution < 1.29 is 0 Å². The number of rotatable bonds is 2. The zero-order valence-corrected chi connectivity index (χ0v) is 14.9. The number of fused-ring (bicyclic) bond motifs is 2. The normalized spacial score (nSPS) is 15.0. The van der Waals surface area contributed by atoms with E-state index in [0.29, 0.717) is 5.39 Å². The lowest BCUT2D eigenvalue weighted by molar-refractivity contribution is 0.641. The molecule has 1 saturated heterocycles. The molecule has 4 heterocycles. The van der Waals surface area contributed by atoms with Gasteiger partial charge in [-0.1, -0.05) is 0 Å². The summed E-state index contributed by atoms with van der Waals surface area (Å²) in [5.74, 6) is 0.922. The van der Waals surface area contributed by atoms with Gasteiger partial charge in [0.05, 0.1) is 17.2 Å². The van der Waals surface area contributed by atoms with Crippen LogP contribution in [0.4, 0.5) is 11.5 Å². The van der Waals surface area contributed by atoms with Crippen LogP contribution >= 0.6 is 0 Å². The number of aryl methyl sites for hydroxylation is 1. The van der Waals surface area contributed by atoms with Crippen LogP contribution in [0.25, 0.3) is 16.6 Å². The van der Waals surface area contributed by atoms with E-state index in [1.165, 1.54) is 4.57 Å². The first kappa shape index (κ1) is 15.7. The summed E-state index contributed by atoms with van der Waals surface area (Å²) < 4.78 is 3.19. The standard InChI is InChI=1S/C18H18N8O/c1-23-11-19-15-10-13(2-3-14(15)18(23)27)24-6-8-25(9-7-24)17-5-4-16-21-20-12-26(16)22-17/h2-5,10-12H,6-9H2,1H3. The van der Waals surface area contributed by atoms with E-state index in [2.05, 4.69) is 30.1 Å². The summed E-state index contributed by atoms with van der Waals surface area (Å²) >= 11 is 0. The summed E-state index contributed by atoms with van der Waals surface area (Å²) in [5, 5.41) is 13.1. The Bertz CT molecular complexity index is 1190. The molecule has 9 heteroatoms. The largest absolute Gasteiger partial charge is 0.368 e. The van der Waals surface area contributed by atoms with Gasteiger partial charge in [0.2, 0.25) is 0 Å². The Labute approximate surface area is 154 Å². The van der Waals surface area contributed by atoms with Crippen molar-refractivity contribution in [1.82, 2.24) is 29.4 Å². The van der Waals surface area contributed by atoms with Crippen LogP contribution in [-0.4, -0.2) is 55.5 Å². The lowest BCUT2D eigenvalue weighted by Gasteiger charge is -2.36. The lowest BCUT2D eigenvalue weighted by Crippen LogP contribution is -2.47. The Kier molecular flexibility index (Phi) is 3.52. The summed E-state index contributed by atoms with van der Waals surface area (Å²) in [6, 6.07) is 9.77. The molecule has 1 aliphatic rings. The average molecular weight is 362 g/mol. The molecule has 0 unspecified atom stereocenters. The molecule has 0 amide bonds. The molecule has 0 radical (unpaired) electrons. The molecule has 4 aromatic rings. The molecule has 0 bridgehead atoms. The van der Waals surface area contributed by atoms with Crippen LogP contribution in [0.5, 0.6) is 0 Å². The van der Waals surface area contributed by atoms with Crippen molar-refractivity contribution in [2.24, 2.45) is 7.05 Å². The number of hydrogen-bond donors (Lipinski definition) is 0. The van der Waals surface area contributed by atoms with Gasteiger partial charge in [-0.15, -0.1) is 15.3 Å². The lowest BCUT2D eigenvalue weighted by atomic mass is 10.2. The molecule has 5 rings (SSSR count).